The molecule has 2 aliphatic heterocycles. The van der Waals surface area contributed by atoms with Gasteiger partial charge in [-0.05, 0) is 17.3 Å². The second-order valence-corrected chi connectivity index (χ2v) is 6.99. The smallest absolute Gasteiger partial charge is 0.241 e. The van der Waals surface area contributed by atoms with Crippen LogP contribution in [-0.4, -0.2) is 49.4 Å². The van der Waals surface area contributed by atoms with E-state index in [0.717, 1.165) is 26.2 Å². The first-order chi connectivity index (χ1) is 8.85. The fraction of sp³-hybridized carbons (Fsp3) is 0.857. The van der Waals surface area contributed by atoms with Gasteiger partial charge in [0.1, 0.15) is 0 Å². The third-order valence-corrected chi connectivity index (χ3v) is 3.87. The zero-order valence-corrected chi connectivity index (χ0v) is 12.2. The van der Waals surface area contributed by atoms with Crippen LogP contribution in [-0.2, 0) is 9.59 Å². The lowest BCUT2D eigenvalue weighted by atomic mass is 9.92. The monoisotopic (exact) mass is 267 g/mol. The summed E-state index contributed by atoms with van der Waals surface area (Å²) in [4.78, 5) is 25.6. The second-order valence-electron chi connectivity index (χ2n) is 6.99. The van der Waals surface area contributed by atoms with Gasteiger partial charge in [0.2, 0.25) is 11.8 Å². The zero-order chi connectivity index (χ0) is 14.0. The van der Waals surface area contributed by atoms with Crippen LogP contribution >= 0.6 is 0 Å². The highest BCUT2D eigenvalue weighted by Crippen LogP contribution is 2.26. The average Bonchev–Trinajstić information content (AvgIpc) is 2.83. The van der Waals surface area contributed by atoms with E-state index in [0.29, 0.717) is 18.3 Å². The number of likely N-dealkylation sites (tertiary alicyclic amines) is 1. The normalized spacial score (nSPS) is 26.4. The molecule has 2 atom stereocenters. The quantitative estimate of drug-likeness (QED) is 0.769. The van der Waals surface area contributed by atoms with E-state index in [2.05, 4.69) is 10.6 Å². The van der Waals surface area contributed by atoms with Crippen molar-refractivity contribution < 1.29 is 9.59 Å². The van der Waals surface area contributed by atoms with Crippen LogP contribution < -0.4 is 10.6 Å². The Bertz CT molecular complexity index is 350. The molecule has 0 unspecified atom stereocenters. The van der Waals surface area contributed by atoms with E-state index in [1.54, 1.807) is 0 Å². The molecule has 0 spiro atoms. The van der Waals surface area contributed by atoms with E-state index in [1.165, 1.54) is 0 Å². The summed E-state index contributed by atoms with van der Waals surface area (Å²) < 4.78 is 0. The Hall–Kier alpha value is -1.10. The molecule has 2 rings (SSSR count). The van der Waals surface area contributed by atoms with E-state index >= 15 is 0 Å². The molecule has 2 heterocycles. The maximum absolute atomic E-state index is 12.0. The molecule has 5 heteroatoms. The molecule has 19 heavy (non-hydrogen) atoms. The summed E-state index contributed by atoms with van der Waals surface area (Å²) in [5, 5.41) is 6.09. The van der Waals surface area contributed by atoms with Crippen molar-refractivity contribution in [2.24, 2.45) is 17.3 Å². The molecule has 2 aliphatic rings. The number of carbonyl (C=O) groups is 2. The first kappa shape index (κ1) is 14.3. The summed E-state index contributed by atoms with van der Waals surface area (Å²) in [7, 11) is 0. The fourth-order valence-electron chi connectivity index (χ4n) is 2.89. The maximum Gasteiger partial charge on any atom is 0.241 e. The van der Waals surface area contributed by atoms with Gasteiger partial charge in [-0.15, -0.1) is 0 Å². The number of carbonyl (C=O) groups excluding carboxylic acids is 2. The zero-order valence-electron chi connectivity index (χ0n) is 12.2. The third kappa shape index (κ3) is 3.93. The molecule has 0 aliphatic carbocycles. The van der Waals surface area contributed by atoms with Gasteiger partial charge < -0.3 is 15.5 Å². The van der Waals surface area contributed by atoms with Crippen LogP contribution in [0.3, 0.4) is 0 Å². The lowest BCUT2D eigenvalue weighted by molar-refractivity contribution is -0.132. The summed E-state index contributed by atoms with van der Waals surface area (Å²) in [6.45, 7) is 9.91. The van der Waals surface area contributed by atoms with Crippen LogP contribution in [0, 0.1) is 17.3 Å². The van der Waals surface area contributed by atoms with Crippen LogP contribution in [0.15, 0.2) is 0 Å². The number of nitrogens with one attached hydrogen (secondary N) is 2. The van der Waals surface area contributed by atoms with Gasteiger partial charge in [-0.1, -0.05) is 20.8 Å². The highest BCUT2D eigenvalue weighted by atomic mass is 16.2. The first-order valence-electron chi connectivity index (χ1n) is 7.10. The minimum atomic E-state index is -0.0399. The van der Waals surface area contributed by atoms with Gasteiger partial charge in [-0.2, -0.15) is 0 Å². The molecular formula is C14H25N3O2. The van der Waals surface area contributed by atoms with Crippen molar-refractivity contribution in [3.63, 3.8) is 0 Å². The van der Waals surface area contributed by atoms with Crippen molar-refractivity contribution in [1.82, 2.24) is 15.5 Å². The number of hydrogen-bond donors (Lipinski definition) is 2. The van der Waals surface area contributed by atoms with E-state index < -0.39 is 0 Å². The average molecular weight is 267 g/mol. The molecule has 2 fully saturated rings. The molecule has 0 aromatic heterocycles. The van der Waals surface area contributed by atoms with Crippen molar-refractivity contribution in [3.8, 4) is 0 Å². The molecule has 0 radical (unpaired) electrons. The van der Waals surface area contributed by atoms with Gasteiger partial charge in [0.15, 0.2) is 0 Å². The number of hydrogen-bond acceptors (Lipinski definition) is 3. The Morgan fingerprint density at radius 2 is 1.79 bits per heavy atom. The summed E-state index contributed by atoms with van der Waals surface area (Å²) in [5.74, 6) is 1.22. The van der Waals surface area contributed by atoms with Crippen molar-refractivity contribution >= 4 is 11.8 Å². The maximum atomic E-state index is 12.0. The van der Waals surface area contributed by atoms with Crippen molar-refractivity contribution in [1.29, 1.82) is 0 Å². The SMILES string of the molecule is CC(C)(C)CC(=O)NCC(=O)N1C[C@H]2CNC[C@H]2C1. The minimum absolute atomic E-state index is 0.0382. The number of fused-ring (bicyclic) bond motifs is 1. The largest absolute Gasteiger partial charge is 0.347 e. The van der Waals surface area contributed by atoms with Crippen LogP contribution in [0.25, 0.3) is 0 Å². The molecular weight excluding hydrogens is 242 g/mol. The Morgan fingerprint density at radius 3 is 2.32 bits per heavy atom. The Kier molecular flexibility index (Phi) is 4.13. The van der Waals surface area contributed by atoms with Crippen LogP contribution in [0.4, 0.5) is 0 Å². The van der Waals surface area contributed by atoms with Gasteiger partial charge >= 0.3 is 0 Å². The van der Waals surface area contributed by atoms with Crippen molar-refractivity contribution in [2.75, 3.05) is 32.7 Å². The molecule has 2 saturated heterocycles. The third-order valence-electron chi connectivity index (χ3n) is 3.87. The predicted octanol–water partition coefficient (Wildman–Crippen LogP) is 0.217. The van der Waals surface area contributed by atoms with E-state index in [-0.39, 0.29) is 23.8 Å². The molecule has 0 bridgehead atoms. The van der Waals surface area contributed by atoms with E-state index in [1.807, 2.05) is 25.7 Å². The molecule has 0 aromatic rings. The molecule has 108 valence electrons. The number of nitrogens with zero attached hydrogens (tertiary/aromatic N) is 1. The summed E-state index contributed by atoms with van der Waals surface area (Å²) >= 11 is 0. The Morgan fingerprint density at radius 1 is 1.21 bits per heavy atom. The summed E-state index contributed by atoms with van der Waals surface area (Å²) in [6.07, 6.45) is 0.454. The predicted molar refractivity (Wildman–Crippen MR) is 73.5 cm³/mol. The highest BCUT2D eigenvalue weighted by Gasteiger charge is 2.37. The highest BCUT2D eigenvalue weighted by molar-refractivity contribution is 5.85. The molecule has 2 amide bonds. The fourth-order valence-corrected chi connectivity index (χ4v) is 2.89. The topological polar surface area (TPSA) is 61.4 Å². The molecule has 2 N–H and O–H groups in total. The lowest BCUT2D eigenvalue weighted by Gasteiger charge is -2.20. The Labute approximate surface area is 115 Å². The van der Waals surface area contributed by atoms with Crippen LogP contribution in [0.1, 0.15) is 27.2 Å². The van der Waals surface area contributed by atoms with Crippen LogP contribution in [0.5, 0.6) is 0 Å². The lowest BCUT2D eigenvalue weighted by Crippen LogP contribution is -2.40. The van der Waals surface area contributed by atoms with Crippen LogP contribution in [0.2, 0.25) is 0 Å². The van der Waals surface area contributed by atoms with Gasteiger partial charge in [0.05, 0.1) is 6.54 Å². The second kappa shape index (κ2) is 5.49. The first-order valence-corrected chi connectivity index (χ1v) is 7.10. The Balaban J connectivity index is 1.72. The summed E-state index contributed by atoms with van der Waals surface area (Å²) in [5.41, 5.74) is -0.0382. The summed E-state index contributed by atoms with van der Waals surface area (Å²) in [6, 6.07) is 0. The van der Waals surface area contributed by atoms with Crippen molar-refractivity contribution in [3.05, 3.63) is 0 Å². The molecule has 5 nitrogen and oxygen atoms in total. The van der Waals surface area contributed by atoms with Gasteiger partial charge in [0.25, 0.3) is 0 Å². The van der Waals surface area contributed by atoms with E-state index in [4.69, 9.17) is 0 Å². The minimum Gasteiger partial charge on any atom is -0.347 e. The molecule has 0 saturated carbocycles. The van der Waals surface area contributed by atoms with Gasteiger partial charge in [-0.3, -0.25) is 9.59 Å². The molecule has 0 aromatic carbocycles. The van der Waals surface area contributed by atoms with Gasteiger partial charge in [0, 0.05) is 32.6 Å². The van der Waals surface area contributed by atoms with Gasteiger partial charge in [-0.25, -0.2) is 0 Å². The standard InChI is InChI=1S/C14H25N3O2/c1-14(2,3)4-12(18)16-7-13(19)17-8-10-5-15-6-11(10)9-17/h10-11,15H,4-9H2,1-3H3,(H,16,18)/t10-,11+. The number of amides is 2. The number of rotatable bonds is 3. The van der Waals surface area contributed by atoms with Crippen molar-refractivity contribution in [2.45, 2.75) is 27.2 Å². The van der Waals surface area contributed by atoms with E-state index in [9.17, 15) is 9.59 Å².